The van der Waals surface area contributed by atoms with Gasteiger partial charge in [0.15, 0.2) is 5.83 Å². The zero-order chi connectivity index (χ0) is 16.0. The van der Waals surface area contributed by atoms with Gasteiger partial charge < -0.3 is 0 Å². The monoisotopic (exact) mass is 310 g/mol. The molecule has 0 amide bonds. The maximum Gasteiger partial charge on any atom is 0.398 e. The number of aryl methyl sites for hydroxylation is 1. The van der Waals surface area contributed by atoms with Crippen molar-refractivity contribution in [1.82, 2.24) is 10.2 Å². The summed E-state index contributed by atoms with van der Waals surface area (Å²) in [5.74, 6) is -0.533. The molecule has 3 rings (SSSR count). The van der Waals surface area contributed by atoms with Crippen molar-refractivity contribution in [3.63, 3.8) is 0 Å². The lowest BCUT2D eigenvalue weighted by atomic mass is 9.94. The molecule has 0 unspecified atom stereocenters. The average molecular weight is 310 g/mol. The summed E-state index contributed by atoms with van der Waals surface area (Å²) in [6.45, 7) is 1.75. The summed E-state index contributed by atoms with van der Waals surface area (Å²) in [5.41, 5.74) is -0.0501. The first-order chi connectivity index (χ1) is 10.3. The molecule has 0 bridgehead atoms. The number of nitrogens with one attached hydrogen (secondary N) is 1. The van der Waals surface area contributed by atoms with Gasteiger partial charge in [-0.15, -0.1) is 0 Å². The summed E-state index contributed by atoms with van der Waals surface area (Å²) in [4.78, 5) is 0. The van der Waals surface area contributed by atoms with Gasteiger partial charge in [0.2, 0.25) is 0 Å². The van der Waals surface area contributed by atoms with Crippen molar-refractivity contribution in [3.8, 4) is 0 Å². The van der Waals surface area contributed by atoms with E-state index in [1.165, 1.54) is 30.3 Å². The number of benzene rings is 1. The first-order valence-corrected chi connectivity index (χ1v) is 6.89. The summed E-state index contributed by atoms with van der Waals surface area (Å²) >= 11 is 0. The fraction of sp³-hybridized carbons (Fsp3) is 0.312. The van der Waals surface area contributed by atoms with Gasteiger partial charge >= 0.3 is 6.18 Å². The van der Waals surface area contributed by atoms with Gasteiger partial charge in [0.25, 0.3) is 0 Å². The van der Waals surface area contributed by atoms with Crippen LogP contribution in [-0.2, 0) is 5.41 Å². The van der Waals surface area contributed by atoms with E-state index >= 15 is 0 Å². The number of aromatic amines is 1. The van der Waals surface area contributed by atoms with E-state index in [9.17, 15) is 17.6 Å². The summed E-state index contributed by atoms with van der Waals surface area (Å²) < 4.78 is 53.1. The fourth-order valence-corrected chi connectivity index (χ4v) is 2.52. The number of alkyl halides is 3. The number of hydrogen-bond donors (Lipinski definition) is 1. The Morgan fingerprint density at radius 2 is 1.86 bits per heavy atom. The van der Waals surface area contributed by atoms with E-state index in [2.05, 4.69) is 10.2 Å². The van der Waals surface area contributed by atoms with Crippen LogP contribution in [0.1, 0.15) is 35.4 Å². The molecule has 1 aromatic heterocycles. The molecule has 1 fully saturated rings. The van der Waals surface area contributed by atoms with Crippen molar-refractivity contribution in [1.29, 1.82) is 0 Å². The first-order valence-electron chi connectivity index (χ1n) is 6.89. The molecule has 1 N–H and O–H groups in total. The normalized spacial score (nSPS) is 17.6. The van der Waals surface area contributed by atoms with Gasteiger partial charge in [0, 0.05) is 5.69 Å². The molecule has 6 heteroatoms. The minimum Gasteiger partial charge on any atom is -0.282 e. The predicted molar refractivity (Wildman–Crippen MR) is 75.7 cm³/mol. The third-order valence-electron chi connectivity index (χ3n) is 4.00. The van der Waals surface area contributed by atoms with E-state index in [0.29, 0.717) is 5.56 Å². The van der Waals surface area contributed by atoms with Gasteiger partial charge in [-0.3, -0.25) is 5.10 Å². The molecule has 1 aliphatic carbocycles. The van der Waals surface area contributed by atoms with Gasteiger partial charge in [-0.1, -0.05) is 24.3 Å². The van der Waals surface area contributed by atoms with Crippen molar-refractivity contribution in [2.24, 2.45) is 0 Å². The lowest BCUT2D eigenvalue weighted by Crippen LogP contribution is -2.28. The molecule has 0 atom stereocenters. The lowest BCUT2D eigenvalue weighted by molar-refractivity contribution is -0.160. The number of hydrogen-bond acceptors (Lipinski definition) is 1. The number of rotatable bonds is 3. The quantitative estimate of drug-likeness (QED) is 0.812. The first kappa shape index (κ1) is 14.8. The Hall–Kier alpha value is -2.11. The van der Waals surface area contributed by atoms with Crippen LogP contribution in [0.3, 0.4) is 0 Å². The van der Waals surface area contributed by atoms with Crippen LogP contribution in [-0.4, -0.2) is 16.4 Å². The summed E-state index contributed by atoms with van der Waals surface area (Å²) in [7, 11) is 0. The Morgan fingerprint density at radius 1 is 1.23 bits per heavy atom. The van der Waals surface area contributed by atoms with Gasteiger partial charge in [-0.05, 0) is 43.0 Å². The van der Waals surface area contributed by atoms with Crippen LogP contribution in [0.4, 0.5) is 17.6 Å². The molecule has 1 aliphatic rings. The summed E-state index contributed by atoms with van der Waals surface area (Å²) in [6, 6.07) is 7.41. The molecular weight excluding hydrogens is 296 g/mol. The Kier molecular flexibility index (Phi) is 3.34. The predicted octanol–water partition coefficient (Wildman–Crippen LogP) is 4.78. The van der Waals surface area contributed by atoms with Crippen LogP contribution in [0.25, 0.3) is 11.9 Å². The van der Waals surface area contributed by atoms with Gasteiger partial charge in [0.1, 0.15) is 5.69 Å². The zero-order valence-corrected chi connectivity index (χ0v) is 11.8. The molecule has 0 spiro atoms. The Bertz CT molecular complexity index is 706. The maximum absolute atomic E-state index is 14.0. The van der Waals surface area contributed by atoms with E-state index in [1.54, 1.807) is 13.0 Å². The zero-order valence-electron chi connectivity index (χ0n) is 11.8. The Morgan fingerprint density at radius 3 is 2.32 bits per heavy atom. The van der Waals surface area contributed by atoms with Gasteiger partial charge in [-0.25, -0.2) is 4.39 Å². The molecule has 0 saturated heterocycles. The second-order valence-electron chi connectivity index (χ2n) is 5.63. The minimum atomic E-state index is -4.23. The highest BCUT2D eigenvalue weighted by Crippen LogP contribution is 2.58. The number of halogens is 4. The SMILES string of the molecule is Cc1cc(C(F)=Cc2ccc(C3(C(F)(F)F)CC3)cc2)n[nH]1. The van der Waals surface area contributed by atoms with Crippen molar-refractivity contribution >= 4 is 11.9 Å². The third kappa shape index (κ3) is 2.53. The molecule has 1 heterocycles. The topological polar surface area (TPSA) is 28.7 Å². The largest absolute Gasteiger partial charge is 0.398 e. The molecule has 1 saturated carbocycles. The Labute approximate surface area is 124 Å². The molecule has 0 radical (unpaired) electrons. The van der Waals surface area contributed by atoms with E-state index < -0.39 is 17.4 Å². The average Bonchev–Trinajstić information content (AvgIpc) is 3.16. The van der Waals surface area contributed by atoms with Crippen LogP contribution in [0.2, 0.25) is 0 Å². The minimum absolute atomic E-state index is 0.118. The molecule has 22 heavy (non-hydrogen) atoms. The highest BCUT2D eigenvalue weighted by Gasteiger charge is 2.64. The van der Waals surface area contributed by atoms with Crippen LogP contribution in [0, 0.1) is 6.92 Å². The molecule has 116 valence electrons. The molecular formula is C16H14F4N2. The van der Waals surface area contributed by atoms with Crippen LogP contribution >= 0.6 is 0 Å². The van der Waals surface area contributed by atoms with E-state index in [-0.39, 0.29) is 24.1 Å². The van der Waals surface area contributed by atoms with Crippen LogP contribution in [0.15, 0.2) is 30.3 Å². The standard InChI is InChI=1S/C16H14F4N2/c1-10-8-14(22-21-10)13(17)9-11-2-4-12(5-3-11)15(6-7-15)16(18,19)20/h2-5,8-9H,6-7H2,1H3,(H,21,22). The van der Waals surface area contributed by atoms with Crippen molar-refractivity contribution in [2.45, 2.75) is 31.4 Å². The van der Waals surface area contributed by atoms with Crippen LogP contribution in [0.5, 0.6) is 0 Å². The van der Waals surface area contributed by atoms with E-state index in [4.69, 9.17) is 0 Å². The molecule has 2 nitrogen and oxygen atoms in total. The number of H-pyrrole nitrogens is 1. The second-order valence-corrected chi connectivity index (χ2v) is 5.63. The number of nitrogens with zero attached hydrogens (tertiary/aromatic N) is 1. The number of aromatic nitrogens is 2. The van der Waals surface area contributed by atoms with Gasteiger partial charge in [0.05, 0.1) is 5.41 Å². The summed E-state index contributed by atoms with van der Waals surface area (Å²) in [5, 5.41) is 6.43. The van der Waals surface area contributed by atoms with Crippen molar-refractivity contribution < 1.29 is 17.6 Å². The van der Waals surface area contributed by atoms with Crippen LogP contribution < -0.4 is 0 Å². The highest BCUT2D eigenvalue weighted by atomic mass is 19.4. The Balaban J connectivity index is 1.84. The van der Waals surface area contributed by atoms with Crippen molar-refractivity contribution in [2.75, 3.05) is 0 Å². The lowest BCUT2D eigenvalue weighted by Gasteiger charge is -2.19. The molecule has 1 aromatic carbocycles. The second kappa shape index (κ2) is 4.97. The molecule has 0 aliphatic heterocycles. The van der Waals surface area contributed by atoms with Gasteiger partial charge in [-0.2, -0.15) is 18.3 Å². The maximum atomic E-state index is 14.0. The fourth-order valence-electron chi connectivity index (χ4n) is 2.52. The molecule has 2 aromatic rings. The third-order valence-corrected chi connectivity index (χ3v) is 4.00. The van der Waals surface area contributed by atoms with Crippen molar-refractivity contribution in [3.05, 3.63) is 52.8 Å². The van der Waals surface area contributed by atoms with E-state index in [0.717, 1.165) is 5.69 Å². The highest BCUT2D eigenvalue weighted by molar-refractivity contribution is 5.75. The summed E-state index contributed by atoms with van der Waals surface area (Å²) in [6.07, 6.45) is -2.74. The van der Waals surface area contributed by atoms with E-state index in [1.807, 2.05) is 0 Å². The smallest absolute Gasteiger partial charge is 0.282 e.